The van der Waals surface area contributed by atoms with Gasteiger partial charge in [0, 0.05) is 43.5 Å². The molecule has 0 saturated heterocycles. The number of carbonyl (C=O) groups excluding carboxylic acids is 1. The number of pyridine rings is 1. The fraction of sp³-hybridized carbons (Fsp3) is 0.0769. The number of nitrogens with one attached hydrogen (secondary N) is 3. The Hall–Kier alpha value is -5.13. The molecule has 9 nitrogen and oxygen atoms in total. The average Bonchev–Trinajstić information content (AvgIpc) is 3.54. The molecule has 0 saturated carbocycles. The summed E-state index contributed by atoms with van der Waals surface area (Å²) in [7, 11) is 1.51. The van der Waals surface area contributed by atoms with Gasteiger partial charge in [-0.1, -0.05) is 6.58 Å². The van der Waals surface area contributed by atoms with Gasteiger partial charge in [-0.2, -0.15) is 13.2 Å². The van der Waals surface area contributed by atoms with E-state index in [2.05, 4.69) is 37.1 Å². The van der Waals surface area contributed by atoms with Crippen LogP contribution < -0.4 is 15.4 Å². The van der Waals surface area contributed by atoms with E-state index in [0.29, 0.717) is 28.4 Å². The Morgan fingerprint density at radius 3 is 2.66 bits per heavy atom. The van der Waals surface area contributed by atoms with Crippen LogP contribution in [-0.2, 0) is 6.18 Å². The molecule has 3 N–H and O–H groups in total. The van der Waals surface area contributed by atoms with E-state index in [4.69, 9.17) is 4.74 Å². The molecule has 0 radical (unpaired) electrons. The quantitative estimate of drug-likeness (QED) is 0.255. The summed E-state index contributed by atoms with van der Waals surface area (Å²) in [4.78, 5) is 27.3. The SMILES string of the molecule is C=Cc1nccn1-c1ccc(Nc2nc3cc(Oc4ccnc(C(=O)NC)c4)ccc3[nH]2)cc1C(F)(F)F. The minimum atomic E-state index is -4.61. The summed E-state index contributed by atoms with van der Waals surface area (Å²) < 4.78 is 48.9. The lowest BCUT2D eigenvalue weighted by molar-refractivity contribution is -0.137. The molecule has 3 heterocycles. The number of imidazole rings is 2. The van der Waals surface area contributed by atoms with Gasteiger partial charge >= 0.3 is 6.18 Å². The van der Waals surface area contributed by atoms with Crippen molar-refractivity contribution < 1.29 is 22.7 Å². The lowest BCUT2D eigenvalue weighted by atomic mass is 10.1. The van der Waals surface area contributed by atoms with Gasteiger partial charge in [0.25, 0.3) is 5.91 Å². The zero-order valence-corrected chi connectivity index (χ0v) is 19.9. The van der Waals surface area contributed by atoms with E-state index in [1.807, 2.05) is 0 Å². The lowest BCUT2D eigenvalue weighted by Gasteiger charge is -2.16. The van der Waals surface area contributed by atoms with E-state index in [-0.39, 0.29) is 28.9 Å². The van der Waals surface area contributed by atoms with Gasteiger partial charge in [0.2, 0.25) is 5.95 Å². The maximum Gasteiger partial charge on any atom is 0.418 e. The van der Waals surface area contributed by atoms with Crippen LogP contribution in [0.3, 0.4) is 0 Å². The molecule has 5 rings (SSSR count). The van der Waals surface area contributed by atoms with Crippen molar-refractivity contribution in [1.82, 2.24) is 29.8 Å². The smallest absolute Gasteiger partial charge is 0.418 e. The van der Waals surface area contributed by atoms with Crippen LogP contribution in [0.25, 0.3) is 22.8 Å². The molecule has 0 aliphatic carbocycles. The molecule has 0 unspecified atom stereocenters. The highest BCUT2D eigenvalue weighted by Crippen LogP contribution is 2.37. The number of carbonyl (C=O) groups is 1. The summed E-state index contributed by atoms with van der Waals surface area (Å²) in [5.41, 5.74) is 0.641. The van der Waals surface area contributed by atoms with Crippen molar-refractivity contribution in [2.45, 2.75) is 6.18 Å². The summed E-state index contributed by atoms with van der Waals surface area (Å²) in [6, 6.07) is 12.1. The van der Waals surface area contributed by atoms with Crippen LogP contribution in [0, 0.1) is 0 Å². The molecule has 0 aliphatic heterocycles. The van der Waals surface area contributed by atoms with Gasteiger partial charge in [0.05, 0.1) is 22.3 Å². The number of hydrogen-bond donors (Lipinski definition) is 3. The van der Waals surface area contributed by atoms with Gasteiger partial charge in [-0.05, 0) is 42.5 Å². The number of rotatable bonds is 7. The van der Waals surface area contributed by atoms with Gasteiger partial charge in [-0.3, -0.25) is 14.3 Å². The fourth-order valence-electron chi connectivity index (χ4n) is 3.83. The normalized spacial score (nSPS) is 11.4. The highest BCUT2D eigenvalue weighted by Gasteiger charge is 2.34. The molecule has 38 heavy (non-hydrogen) atoms. The van der Waals surface area contributed by atoms with Crippen LogP contribution >= 0.6 is 0 Å². The molecule has 0 bridgehead atoms. The van der Waals surface area contributed by atoms with Crippen molar-refractivity contribution in [3.8, 4) is 17.2 Å². The molecule has 0 spiro atoms. The Morgan fingerprint density at radius 2 is 1.89 bits per heavy atom. The molecule has 3 aromatic heterocycles. The maximum atomic E-state index is 13.9. The van der Waals surface area contributed by atoms with E-state index in [1.165, 1.54) is 54.5 Å². The van der Waals surface area contributed by atoms with Gasteiger partial charge < -0.3 is 20.4 Å². The zero-order valence-electron chi connectivity index (χ0n) is 19.9. The van der Waals surface area contributed by atoms with Gasteiger partial charge in [0.1, 0.15) is 23.0 Å². The summed E-state index contributed by atoms with van der Waals surface area (Å²) >= 11 is 0. The third kappa shape index (κ3) is 4.91. The number of aromatic nitrogens is 5. The van der Waals surface area contributed by atoms with Crippen LogP contribution in [0.4, 0.5) is 24.8 Å². The minimum Gasteiger partial charge on any atom is -0.457 e. The van der Waals surface area contributed by atoms with Gasteiger partial charge in [-0.15, -0.1) is 0 Å². The summed E-state index contributed by atoms with van der Waals surface area (Å²) in [6.45, 7) is 3.60. The maximum absolute atomic E-state index is 13.9. The van der Waals surface area contributed by atoms with E-state index >= 15 is 0 Å². The van der Waals surface area contributed by atoms with E-state index < -0.39 is 11.7 Å². The van der Waals surface area contributed by atoms with E-state index in [1.54, 1.807) is 24.3 Å². The second-order valence-electron chi connectivity index (χ2n) is 8.04. The number of H-pyrrole nitrogens is 1. The summed E-state index contributed by atoms with van der Waals surface area (Å²) in [6.07, 6.45) is 1.08. The van der Waals surface area contributed by atoms with Crippen LogP contribution in [-0.4, -0.2) is 37.5 Å². The number of anilines is 2. The molecule has 12 heteroatoms. The lowest BCUT2D eigenvalue weighted by Crippen LogP contribution is -2.18. The third-order valence-corrected chi connectivity index (χ3v) is 5.56. The number of aromatic amines is 1. The van der Waals surface area contributed by atoms with E-state index in [9.17, 15) is 18.0 Å². The van der Waals surface area contributed by atoms with Crippen LogP contribution in [0.1, 0.15) is 21.9 Å². The number of hydrogen-bond acceptors (Lipinski definition) is 6. The summed E-state index contributed by atoms with van der Waals surface area (Å²) in [5.74, 6) is 1.05. The molecule has 5 aromatic rings. The molecule has 0 atom stereocenters. The van der Waals surface area contributed by atoms with Gasteiger partial charge in [0.15, 0.2) is 0 Å². The number of alkyl halides is 3. The first-order valence-corrected chi connectivity index (χ1v) is 11.3. The van der Waals surface area contributed by atoms with Crippen LogP contribution in [0.5, 0.6) is 11.5 Å². The molecular weight excluding hydrogens is 499 g/mol. The topological polar surface area (TPSA) is 110 Å². The predicted octanol–water partition coefficient (Wildman–Crippen LogP) is 5.70. The number of benzene rings is 2. The van der Waals surface area contributed by atoms with E-state index in [0.717, 1.165) is 6.07 Å². The van der Waals surface area contributed by atoms with Crippen LogP contribution in [0.15, 0.2) is 73.7 Å². The third-order valence-electron chi connectivity index (χ3n) is 5.56. The molecule has 0 fully saturated rings. The standard InChI is InChI=1S/C26H20F3N7O2/c1-3-23-32-10-11-36(23)22-7-4-15(12-18(22)26(27,28)29)33-25-34-19-6-5-16(13-20(19)35-25)38-17-8-9-31-21(14-17)24(37)30-2/h3-14H,1H2,2H3,(H,30,37)(H2,33,34,35). The highest BCUT2D eigenvalue weighted by atomic mass is 19.4. The summed E-state index contributed by atoms with van der Waals surface area (Å²) in [5, 5.41) is 5.39. The van der Waals surface area contributed by atoms with Crippen molar-refractivity contribution in [2.75, 3.05) is 12.4 Å². The fourth-order valence-corrected chi connectivity index (χ4v) is 3.83. The first-order valence-electron chi connectivity index (χ1n) is 11.3. The number of ether oxygens (including phenoxy) is 1. The molecule has 0 aliphatic rings. The highest BCUT2D eigenvalue weighted by molar-refractivity contribution is 5.92. The van der Waals surface area contributed by atoms with Crippen molar-refractivity contribution in [2.24, 2.45) is 0 Å². The Kier molecular flexibility index (Phi) is 6.29. The number of fused-ring (bicyclic) bond motifs is 1. The Balaban J connectivity index is 1.40. The second-order valence-corrected chi connectivity index (χ2v) is 8.04. The first-order chi connectivity index (χ1) is 18.2. The largest absolute Gasteiger partial charge is 0.457 e. The van der Waals surface area contributed by atoms with Crippen molar-refractivity contribution in [3.05, 3.63) is 90.8 Å². The van der Waals surface area contributed by atoms with Crippen molar-refractivity contribution >= 4 is 34.7 Å². The first kappa shape index (κ1) is 24.6. The predicted molar refractivity (Wildman–Crippen MR) is 136 cm³/mol. The van der Waals surface area contributed by atoms with Crippen molar-refractivity contribution in [3.63, 3.8) is 0 Å². The average molecular weight is 519 g/mol. The second kappa shape index (κ2) is 9.73. The van der Waals surface area contributed by atoms with Crippen molar-refractivity contribution in [1.29, 1.82) is 0 Å². The number of halogens is 3. The molecule has 1 amide bonds. The molecular formula is C26H20F3N7O2. The number of amides is 1. The minimum absolute atomic E-state index is 0.0717. The molecule has 192 valence electrons. The number of nitrogens with zero attached hydrogens (tertiary/aromatic N) is 4. The Bertz CT molecular complexity index is 1660. The molecule has 2 aromatic carbocycles. The Morgan fingerprint density at radius 1 is 1.08 bits per heavy atom. The van der Waals surface area contributed by atoms with Crippen LogP contribution in [0.2, 0.25) is 0 Å². The zero-order chi connectivity index (χ0) is 26.9. The van der Waals surface area contributed by atoms with Gasteiger partial charge in [-0.25, -0.2) is 9.97 Å². The Labute approximate surface area is 214 Å². The monoisotopic (exact) mass is 519 g/mol.